The topological polar surface area (TPSA) is 116 Å². The van der Waals surface area contributed by atoms with Gasteiger partial charge in [0.1, 0.15) is 17.1 Å². The maximum Gasteiger partial charge on any atom is 0.270 e. The Balaban J connectivity index is 1.28. The minimum absolute atomic E-state index is 0.0758. The lowest BCUT2D eigenvalue weighted by atomic mass is 10.1. The second-order valence-electron chi connectivity index (χ2n) is 9.46. The fourth-order valence-electron chi connectivity index (χ4n) is 4.73. The molecule has 1 amide bonds. The molecule has 0 saturated heterocycles. The van der Waals surface area contributed by atoms with Gasteiger partial charge in [0.15, 0.2) is 11.6 Å². The van der Waals surface area contributed by atoms with Crippen molar-refractivity contribution in [3.05, 3.63) is 113 Å². The zero-order valence-electron chi connectivity index (χ0n) is 23.0. The van der Waals surface area contributed by atoms with E-state index < -0.39 is 23.1 Å². The van der Waals surface area contributed by atoms with Crippen LogP contribution in [0.15, 0.2) is 90.1 Å². The molecule has 0 atom stereocenters. The Morgan fingerprint density at radius 2 is 1.81 bits per heavy atom. The Labute approximate surface area is 243 Å². The van der Waals surface area contributed by atoms with E-state index in [2.05, 4.69) is 20.6 Å². The molecule has 3 aromatic carbocycles. The molecule has 0 aliphatic heterocycles. The number of carbonyl (C=O) groups is 1. The van der Waals surface area contributed by atoms with Gasteiger partial charge in [0, 0.05) is 41.0 Å². The summed E-state index contributed by atoms with van der Waals surface area (Å²) in [5, 5.41) is 14.6. The molecule has 0 spiro atoms. The molecule has 0 fully saturated rings. The third-order valence-electron chi connectivity index (χ3n) is 6.85. The number of anilines is 1. The Bertz CT molecular complexity index is 2020. The van der Waals surface area contributed by atoms with E-state index >= 15 is 4.39 Å². The maximum atomic E-state index is 15.3. The Hall–Kier alpha value is -5.78. The summed E-state index contributed by atoms with van der Waals surface area (Å²) in [4.78, 5) is 26.3. The standard InChI is InChI=1S/C31H24F2N6O4/c1-3-38-26-14-24(19-15-34-35-16-19)28(12-18(26)17-36-38)43-27-10-6-21(13-25(27)33)37-30(40)23-9-11-29(42-2)39(31(23)41)22-7-4-20(32)5-8-22/h4-17H,3H2,1-2H3,(H,34,35)(H,37,40). The number of pyridine rings is 1. The Kier molecular flexibility index (Phi) is 7.16. The van der Waals surface area contributed by atoms with Crippen LogP contribution < -0.4 is 20.3 Å². The van der Waals surface area contributed by atoms with Crippen molar-refractivity contribution in [2.75, 3.05) is 12.4 Å². The van der Waals surface area contributed by atoms with E-state index in [0.717, 1.165) is 27.1 Å². The maximum absolute atomic E-state index is 15.3. The normalized spacial score (nSPS) is 11.1. The first-order valence-corrected chi connectivity index (χ1v) is 13.2. The molecule has 3 heterocycles. The summed E-state index contributed by atoms with van der Waals surface area (Å²) in [6.45, 7) is 2.66. The number of aryl methyl sites for hydroxylation is 1. The second-order valence-corrected chi connectivity index (χ2v) is 9.46. The first-order valence-electron chi connectivity index (χ1n) is 13.2. The van der Waals surface area contributed by atoms with Crippen LogP contribution in [0.25, 0.3) is 27.7 Å². The fourth-order valence-corrected chi connectivity index (χ4v) is 4.73. The second kappa shape index (κ2) is 11.2. The lowest BCUT2D eigenvalue weighted by molar-refractivity contribution is 0.102. The molecule has 0 bridgehead atoms. The van der Waals surface area contributed by atoms with Crippen molar-refractivity contribution >= 4 is 22.5 Å². The SMILES string of the molecule is CCn1ncc2cc(Oc3ccc(NC(=O)c4ccc(OC)n(-c5ccc(F)cc5)c4=O)cc3F)c(-c3cn[nH]c3)cc21. The van der Waals surface area contributed by atoms with Gasteiger partial charge in [-0.25, -0.2) is 13.3 Å². The fraction of sp³-hybridized carbons (Fsp3) is 0.0968. The molecule has 216 valence electrons. The molecule has 0 saturated carbocycles. The van der Waals surface area contributed by atoms with Gasteiger partial charge in [-0.05, 0) is 67.6 Å². The van der Waals surface area contributed by atoms with Crippen molar-refractivity contribution in [1.29, 1.82) is 0 Å². The lowest BCUT2D eigenvalue weighted by Gasteiger charge is -2.14. The van der Waals surface area contributed by atoms with Crippen LogP contribution in [0.5, 0.6) is 17.4 Å². The average Bonchev–Trinajstić information content (AvgIpc) is 3.68. The molecule has 0 radical (unpaired) electrons. The number of rotatable bonds is 8. The summed E-state index contributed by atoms with van der Waals surface area (Å²) in [6, 6.07) is 15.5. The molecular weight excluding hydrogens is 558 g/mol. The van der Waals surface area contributed by atoms with E-state index in [1.807, 2.05) is 17.7 Å². The van der Waals surface area contributed by atoms with Gasteiger partial charge >= 0.3 is 0 Å². The lowest BCUT2D eigenvalue weighted by Crippen LogP contribution is -2.29. The monoisotopic (exact) mass is 582 g/mol. The van der Waals surface area contributed by atoms with E-state index in [1.165, 1.54) is 55.6 Å². The highest BCUT2D eigenvalue weighted by atomic mass is 19.1. The molecular formula is C31H24F2N6O4. The zero-order valence-corrected chi connectivity index (χ0v) is 23.0. The summed E-state index contributed by atoms with van der Waals surface area (Å²) >= 11 is 0. The van der Waals surface area contributed by atoms with Crippen LogP contribution in [-0.2, 0) is 6.54 Å². The number of nitrogens with one attached hydrogen (secondary N) is 2. The first-order chi connectivity index (χ1) is 20.9. The molecule has 0 aliphatic rings. The summed E-state index contributed by atoms with van der Waals surface area (Å²) in [5.41, 5.74) is 1.81. The van der Waals surface area contributed by atoms with E-state index in [0.29, 0.717) is 23.5 Å². The number of nitrogens with zero attached hydrogens (tertiary/aromatic N) is 4. The number of aromatic nitrogens is 5. The van der Waals surface area contributed by atoms with Crippen LogP contribution in [0.1, 0.15) is 17.3 Å². The van der Waals surface area contributed by atoms with Crippen molar-refractivity contribution < 1.29 is 23.0 Å². The number of fused-ring (bicyclic) bond motifs is 1. The molecule has 43 heavy (non-hydrogen) atoms. The summed E-state index contributed by atoms with van der Waals surface area (Å²) in [7, 11) is 1.37. The molecule has 6 aromatic rings. The predicted molar refractivity (Wildman–Crippen MR) is 156 cm³/mol. The van der Waals surface area contributed by atoms with Crippen molar-refractivity contribution in [3.8, 4) is 34.2 Å². The van der Waals surface area contributed by atoms with Gasteiger partial charge in [-0.15, -0.1) is 0 Å². The number of halogens is 2. The van der Waals surface area contributed by atoms with E-state index in [9.17, 15) is 14.0 Å². The quantitative estimate of drug-likeness (QED) is 0.230. The third kappa shape index (κ3) is 5.21. The van der Waals surface area contributed by atoms with Crippen LogP contribution in [-0.4, -0.2) is 37.6 Å². The number of aromatic amines is 1. The minimum Gasteiger partial charge on any atom is -0.482 e. The summed E-state index contributed by atoms with van der Waals surface area (Å²) < 4.78 is 43.0. The first kappa shape index (κ1) is 27.4. The number of H-pyrrole nitrogens is 1. The molecule has 0 aliphatic carbocycles. The average molecular weight is 583 g/mol. The number of hydrogen-bond acceptors (Lipinski definition) is 6. The number of methoxy groups -OCH3 is 1. The summed E-state index contributed by atoms with van der Waals surface area (Å²) in [6.07, 6.45) is 5.06. The van der Waals surface area contributed by atoms with Gasteiger partial charge in [-0.2, -0.15) is 10.2 Å². The smallest absolute Gasteiger partial charge is 0.270 e. The van der Waals surface area contributed by atoms with E-state index in [4.69, 9.17) is 9.47 Å². The Morgan fingerprint density at radius 1 is 1.00 bits per heavy atom. The molecule has 6 rings (SSSR count). The van der Waals surface area contributed by atoms with Crippen molar-refractivity contribution in [1.82, 2.24) is 24.5 Å². The van der Waals surface area contributed by atoms with Crippen LogP contribution >= 0.6 is 0 Å². The number of benzene rings is 3. The highest BCUT2D eigenvalue weighted by Gasteiger charge is 2.19. The van der Waals surface area contributed by atoms with Gasteiger partial charge in [0.25, 0.3) is 11.5 Å². The number of ether oxygens (including phenoxy) is 2. The molecule has 3 aromatic heterocycles. The molecule has 0 unspecified atom stereocenters. The molecule has 12 heteroatoms. The third-order valence-corrected chi connectivity index (χ3v) is 6.85. The van der Waals surface area contributed by atoms with Crippen LogP contribution in [0.4, 0.5) is 14.5 Å². The van der Waals surface area contributed by atoms with Gasteiger partial charge < -0.3 is 14.8 Å². The summed E-state index contributed by atoms with van der Waals surface area (Å²) in [5.74, 6) is -1.52. The highest BCUT2D eigenvalue weighted by molar-refractivity contribution is 6.04. The predicted octanol–water partition coefficient (Wildman–Crippen LogP) is 5.93. The van der Waals surface area contributed by atoms with Gasteiger partial charge in [0.2, 0.25) is 5.88 Å². The van der Waals surface area contributed by atoms with Gasteiger partial charge in [-0.3, -0.25) is 19.4 Å². The number of carbonyl (C=O) groups excluding carboxylic acids is 1. The number of amides is 1. The van der Waals surface area contributed by atoms with Gasteiger partial charge in [-0.1, -0.05) is 0 Å². The number of hydrogen-bond donors (Lipinski definition) is 2. The minimum atomic E-state index is -0.766. The van der Waals surface area contributed by atoms with Crippen molar-refractivity contribution in [2.45, 2.75) is 13.5 Å². The zero-order chi connectivity index (χ0) is 30.1. The van der Waals surface area contributed by atoms with E-state index in [1.54, 1.807) is 24.7 Å². The Morgan fingerprint density at radius 3 is 2.51 bits per heavy atom. The van der Waals surface area contributed by atoms with Crippen molar-refractivity contribution in [3.63, 3.8) is 0 Å². The van der Waals surface area contributed by atoms with Crippen LogP contribution in [0.2, 0.25) is 0 Å². The van der Waals surface area contributed by atoms with Crippen LogP contribution in [0, 0.1) is 11.6 Å². The molecule has 2 N–H and O–H groups in total. The van der Waals surface area contributed by atoms with Crippen LogP contribution in [0.3, 0.4) is 0 Å². The van der Waals surface area contributed by atoms with Gasteiger partial charge in [0.05, 0.1) is 30.7 Å². The van der Waals surface area contributed by atoms with E-state index in [-0.39, 0.29) is 22.9 Å². The van der Waals surface area contributed by atoms with Crippen molar-refractivity contribution in [2.24, 2.45) is 0 Å². The molecule has 10 nitrogen and oxygen atoms in total. The largest absolute Gasteiger partial charge is 0.482 e. The highest BCUT2D eigenvalue weighted by Crippen LogP contribution is 2.38.